The number of halogens is 1. The number of ketones is 1. The molecule has 0 saturated carbocycles. The molecular weight excluding hydrogens is 388 g/mol. The van der Waals surface area contributed by atoms with Crippen molar-refractivity contribution in [2.45, 2.75) is 58.0 Å². The third kappa shape index (κ3) is 4.81. The molecule has 0 N–H and O–H groups in total. The summed E-state index contributed by atoms with van der Waals surface area (Å²) in [5.74, 6) is 0.417. The van der Waals surface area contributed by atoms with E-state index >= 15 is 0 Å². The van der Waals surface area contributed by atoms with Gasteiger partial charge in [0.25, 0.3) is 0 Å². The van der Waals surface area contributed by atoms with Crippen molar-refractivity contribution in [2.75, 3.05) is 6.61 Å². The minimum Gasteiger partial charge on any atom is -0.494 e. The van der Waals surface area contributed by atoms with Gasteiger partial charge in [0.1, 0.15) is 11.4 Å². The molecule has 2 aromatic rings. The number of hydrogen-bond donors (Lipinski definition) is 0. The van der Waals surface area contributed by atoms with E-state index in [0.717, 1.165) is 11.1 Å². The zero-order chi connectivity index (χ0) is 21.2. The molecule has 0 amide bonds. The van der Waals surface area contributed by atoms with Gasteiger partial charge >= 0.3 is 5.97 Å². The largest absolute Gasteiger partial charge is 0.494 e. The second kappa shape index (κ2) is 8.19. The molecular formula is C24H27ClO4. The topological polar surface area (TPSA) is 52.6 Å². The lowest BCUT2D eigenvalue weighted by Crippen LogP contribution is -2.29. The van der Waals surface area contributed by atoms with Crippen LogP contribution in [0.15, 0.2) is 42.5 Å². The van der Waals surface area contributed by atoms with Crippen LogP contribution >= 0.6 is 11.6 Å². The highest BCUT2D eigenvalue weighted by Gasteiger charge is 2.44. The molecule has 0 saturated heterocycles. The lowest BCUT2D eigenvalue weighted by Gasteiger charge is -2.22. The van der Waals surface area contributed by atoms with E-state index in [9.17, 15) is 9.59 Å². The quantitative estimate of drug-likeness (QED) is 0.460. The summed E-state index contributed by atoms with van der Waals surface area (Å²) in [5, 5.41) is 0.411. The van der Waals surface area contributed by atoms with E-state index < -0.39 is 11.0 Å². The second-order valence-electron chi connectivity index (χ2n) is 8.68. The zero-order valence-corrected chi connectivity index (χ0v) is 18.1. The Balaban J connectivity index is 1.66. The van der Waals surface area contributed by atoms with Gasteiger partial charge in [0.05, 0.1) is 17.0 Å². The number of carbonyl (C=O) groups excluding carboxylic acids is 2. The van der Waals surface area contributed by atoms with Gasteiger partial charge in [-0.15, -0.1) is 0 Å². The third-order valence-electron chi connectivity index (χ3n) is 5.04. The first-order valence-corrected chi connectivity index (χ1v) is 10.3. The number of rotatable bonds is 6. The maximum absolute atomic E-state index is 13.1. The fourth-order valence-corrected chi connectivity index (χ4v) is 4.00. The number of hydrogen-bond acceptors (Lipinski definition) is 4. The average molecular weight is 415 g/mol. The summed E-state index contributed by atoms with van der Waals surface area (Å²) in [4.78, 5) is 24.9. The summed E-state index contributed by atoms with van der Waals surface area (Å²) in [6.07, 6.45) is 1.42. The van der Waals surface area contributed by atoms with E-state index in [2.05, 4.69) is 0 Å². The summed E-state index contributed by atoms with van der Waals surface area (Å²) in [7, 11) is 0. The summed E-state index contributed by atoms with van der Waals surface area (Å²) in [6.45, 7) is 7.87. The van der Waals surface area contributed by atoms with Crippen LogP contribution in [0, 0.1) is 0 Å². The maximum Gasteiger partial charge on any atom is 0.306 e. The van der Waals surface area contributed by atoms with Crippen molar-refractivity contribution in [3.8, 4) is 5.75 Å². The van der Waals surface area contributed by atoms with Gasteiger partial charge in [-0.3, -0.25) is 9.59 Å². The van der Waals surface area contributed by atoms with Crippen LogP contribution in [0.5, 0.6) is 5.75 Å². The molecule has 1 aliphatic rings. The van der Waals surface area contributed by atoms with E-state index in [0.29, 0.717) is 42.2 Å². The molecule has 0 fully saturated rings. The van der Waals surface area contributed by atoms with Crippen molar-refractivity contribution < 1.29 is 19.1 Å². The monoisotopic (exact) mass is 414 g/mol. The molecule has 0 heterocycles. The third-order valence-corrected chi connectivity index (χ3v) is 5.34. The van der Waals surface area contributed by atoms with E-state index in [-0.39, 0.29) is 11.8 Å². The number of carbonyl (C=O) groups is 2. The van der Waals surface area contributed by atoms with Crippen LogP contribution in [-0.2, 0) is 21.4 Å². The number of esters is 1. The smallest absolute Gasteiger partial charge is 0.306 e. The van der Waals surface area contributed by atoms with Crippen molar-refractivity contribution in [1.82, 2.24) is 0 Å². The number of Topliss-reactive ketones (excluding diaryl/α,β-unsaturated/α-hetero) is 1. The second-order valence-corrected chi connectivity index (χ2v) is 9.09. The Morgan fingerprint density at radius 2 is 1.86 bits per heavy atom. The van der Waals surface area contributed by atoms with Gasteiger partial charge < -0.3 is 9.47 Å². The molecule has 5 heteroatoms. The lowest BCUT2D eigenvalue weighted by molar-refractivity contribution is -0.155. The van der Waals surface area contributed by atoms with Crippen molar-refractivity contribution in [3.05, 3.63) is 64.2 Å². The number of ether oxygens (including phenoxy) is 2. The van der Waals surface area contributed by atoms with Gasteiger partial charge in [0.2, 0.25) is 0 Å². The van der Waals surface area contributed by atoms with Crippen LogP contribution in [0.3, 0.4) is 0 Å². The summed E-state index contributed by atoms with van der Waals surface area (Å²) in [5.41, 5.74) is 1.36. The zero-order valence-electron chi connectivity index (χ0n) is 17.4. The molecule has 2 aromatic carbocycles. The van der Waals surface area contributed by atoms with Gasteiger partial charge in [-0.2, -0.15) is 0 Å². The van der Waals surface area contributed by atoms with E-state index in [1.54, 1.807) is 6.07 Å². The molecule has 1 aliphatic carbocycles. The minimum atomic E-state index is -0.622. The highest BCUT2D eigenvalue weighted by Crippen LogP contribution is 2.43. The van der Waals surface area contributed by atoms with Gasteiger partial charge in [0, 0.05) is 12.0 Å². The van der Waals surface area contributed by atoms with Crippen molar-refractivity contribution in [2.24, 2.45) is 0 Å². The number of benzene rings is 2. The van der Waals surface area contributed by atoms with Crippen molar-refractivity contribution in [1.29, 1.82) is 0 Å². The Labute approximate surface area is 177 Å². The van der Waals surface area contributed by atoms with Gasteiger partial charge in [0.15, 0.2) is 5.78 Å². The fourth-order valence-electron chi connectivity index (χ4n) is 3.69. The van der Waals surface area contributed by atoms with Gasteiger partial charge in [-0.05, 0) is 63.8 Å². The van der Waals surface area contributed by atoms with Crippen LogP contribution in [0.1, 0.15) is 62.0 Å². The van der Waals surface area contributed by atoms with Crippen LogP contribution in [0.2, 0.25) is 5.02 Å². The SMILES string of the molecule is CC(C)(C)OC(=O)CCCOc1cc(Cl)c2c(c1)CC(C)(c1ccccc1)C2=O. The average Bonchev–Trinajstić information content (AvgIpc) is 2.90. The minimum absolute atomic E-state index is 0.0418. The molecule has 29 heavy (non-hydrogen) atoms. The summed E-state index contributed by atoms with van der Waals surface area (Å²) in [6, 6.07) is 13.4. The molecule has 0 radical (unpaired) electrons. The first-order valence-electron chi connectivity index (χ1n) is 9.87. The summed E-state index contributed by atoms with van der Waals surface area (Å²) >= 11 is 6.45. The molecule has 1 atom stereocenters. The van der Waals surface area contributed by atoms with Crippen LogP contribution < -0.4 is 4.74 Å². The highest BCUT2D eigenvalue weighted by atomic mass is 35.5. The molecule has 0 aromatic heterocycles. The fraction of sp³-hybridized carbons (Fsp3) is 0.417. The van der Waals surface area contributed by atoms with E-state index in [1.807, 2.05) is 64.1 Å². The van der Waals surface area contributed by atoms with Crippen LogP contribution in [0.4, 0.5) is 0 Å². The molecule has 0 spiro atoms. The van der Waals surface area contributed by atoms with E-state index in [4.69, 9.17) is 21.1 Å². The Hall–Kier alpha value is -2.33. The molecule has 0 aliphatic heterocycles. The highest BCUT2D eigenvalue weighted by molar-refractivity contribution is 6.35. The molecule has 4 nitrogen and oxygen atoms in total. The molecule has 154 valence electrons. The van der Waals surface area contributed by atoms with Crippen molar-refractivity contribution in [3.63, 3.8) is 0 Å². The summed E-state index contributed by atoms with van der Waals surface area (Å²) < 4.78 is 11.1. The molecule has 1 unspecified atom stereocenters. The predicted octanol–water partition coefficient (Wildman–Crippen LogP) is 5.54. The molecule has 3 rings (SSSR count). The maximum atomic E-state index is 13.1. The standard InChI is InChI=1S/C24H27ClO4/c1-23(2,3)29-20(26)11-8-12-28-18-13-16-15-24(4,17-9-6-5-7-10-17)22(27)21(16)19(25)14-18/h5-7,9-10,13-14H,8,11-12,15H2,1-4H3. The normalized spacial score (nSPS) is 18.4. The molecule has 0 bridgehead atoms. The Bertz CT molecular complexity index is 914. The van der Waals surface area contributed by atoms with Crippen LogP contribution in [0.25, 0.3) is 0 Å². The van der Waals surface area contributed by atoms with Crippen molar-refractivity contribution >= 4 is 23.4 Å². The Kier molecular flexibility index (Phi) is 6.04. The number of fused-ring (bicyclic) bond motifs is 1. The van der Waals surface area contributed by atoms with E-state index in [1.165, 1.54) is 0 Å². The Morgan fingerprint density at radius 1 is 1.17 bits per heavy atom. The first-order chi connectivity index (χ1) is 13.6. The van der Waals surface area contributed by atoms with Gasteiger partial charge in [-0.1, -0.05) is 41.9 Å². The first kappa shape index (κ1) is 21.4. The van der Waals surface area contributed by atoms with Crippen LogP contribution in [-0.4, -0.2) is 24.0 Å². The Morgan fingerprint density at radius 3 is 2.52 bits per heavy atom. The van der Waals surface area contributed by atoms with Gasteiger partial charge in [-0.25, -0.2) is 0 Å². The predicted molar refractivity (Wildman–Crippen MR) is 114 cm³/mol. The lowest BCUT2D eigenvalue weighted by atomic mass is 9.79.